The van der Waals surface area contributed by atoms with Crippen molar-refractivity contribution >= 4 is 39.4 Å². The van der Waals surface area contributed by atoms with E-state index in [-0.39, 0.29) is 6.04 Å². The molecule has 1 aliphatic heterocycles. The average Bonchev–Trinajstić information content (AvgIpc) is 3.35. The minimum atomic E-state index is 0.245. The second kappa shape index (κ2) is 6.97. The summed E-state index contributed by atoms with van der Waals surface area (Å²) in [6.45, 7) is 6.13. The van der Waals surface area contributed by atoms with E-state index in [1.54, 1.807) is 0 Å². The van der Waals surface area contributed by atoms with Gasteiger partial charge in [0.05, 0.1) is 29.2 Å². The molecule has 0 spiro atoms. The molecule has 0 saturated carbocycles. The lowest BCUT2D eigenvalue weighted by Gasteiger charge is -2.17. The van der Waals surface area contributed by atoms with Crippen molar-refractivity contribution in [2.75, 3.05) is 23.3 Å². The fraction of sp³-hybridized carbons (Fsp3) is 0.333. The minimum absolute atomic E-state index is 0.245. The first kappa shape index (κ1) is 17.8. The average molecular weight is 388 g/mol. The summed E-state index contributed by atoms with van der Waals surface area (Å²) in [7, 11) is 0. The molecule has 1 aliphatic rings. The monoisotopic (exact) mass is 388 g/mol. The van der Waals surface area contributed by atoms with Gasteiger partial charge >= 0.3 is 0 Å². The number of nitrogens with zero attached hydrogens (tertiary/aromatic N) is 6. The van der Waals surface area contributed by atoms with E-state index >= 15 is 0 Å². The van der Waals surface area contributed by atoms with Crippen LogP contribution in [0.1, 0.15) is 26.3 Å². The third-order valence-electron chi connectivity index (χ3n) is 5.42. The molecule has 1 unspecified atom stereocenters. The summed E-state index contributed by atoms with van der Waals surface area (Å²) in [5.41, 5.74) is 9.93. The molecule has 8 nitrogen and oxygen atoms in total. The van der Waals surface area contributed by atoms with E-state index in [4.69, 9.17) is 10.7 Å². The van der Waals surface area contributed by atoms with Crippen molar-refractivity contribution in [1.29, 1.82) is 0 Å². The predicted molar refractivity (Wildman–Crippen MR) is 116 cm³/mol. The summed E-state index contributed by atoms with van der Waals surface area (Å²) in [4.78, 5) is 20.5. The van der Waals surface area contributed by atoms with Crippen molar-refractivity contribution in [3.8, 4) is 0 Å². The van der Waals surface area contributed by atoms with Crippen molar-refractivity contribution in [2.24, 2.45) is 5.73 Å². The van der Waals surface area contributed by atoms with E-state index in [1.807, 2.05) is 36.9 Å². The zero-order valence-corrected chi connectivity index (χ0v) is 16.6. The van der Waals surface area contributed by atoms with Gasteiger partial charge in [0.25, 0.3) is 0 Å². The highest BCUT2D eigenvalue weighted by molar-refractivity contribution is 6.02. The Balaban J connectivity index is 1.46. The first-order chi connectivity index (χ1) is 14.1. The van der Waals surface area contributed by atoms with Crippen molar-refractivity contribution < 1.29 is 0 Å². The predicted octanol–water partition coefficient (Wildman–Crippen LogP) is 3.24. The number of nitrogens with one attached hydrogen (secondary N) is 1. The number of rotatable bonds is 4. The fourth-order valence-corrected chi connectivity index (χ4v) is 3.85. The van der Waals surface area contributed by atoms with E-state index in [1.165, 1.54) is 0 Å². The van der Waals surface area contributed by atoms with Crippen LogP contribution < -0.4 is 16.0 Å². The quantitative estimate of drug-likeness (QED) is 0.554. The highest BCUT2D eigenvalue weighted by Gasteiger charge is 2.19. The van der Waals surface area contributed by atoms with Crippen LogP contribution in [0.5, 0.6) is 0 Å². The maximum atomic E-state index is 6.00. The standard InChI is InChI=1S/C21H24N8/c1-13(2)29-12-25-17-5-3-14-9-24-21(27-19(14)20(17)29)26-18-6-4-16(10-23-18)28-8-7-15(22)11-28/h3-6,9-10,12-13,15H,7-8,11,22H2,1-2H3,(H,23,24,26,27). The van der Waals surface area contributed by atoms with Gasteiger partial charge in [-0.05, 0) is 44.5 Å². The first-order valence-electron chi connectivity index (χ1n) is 9.94. The molecule has 3 N–H and O–H groups in total. The molecule has 1 fully saturated rings. The zero-order valence-electron chi connectivity index (χ0n) is 16.6. The van der Waals surface area contributed by atoms with Gasteiger partial charge in [0.1, 0.15) is 11.3 Å². The molecule has 0 radical (unpaired) electrons. The third kappa shape index (κ3) is 3.25. The number of hydrogen-bond acceptors (Lipinski definition) is 7. The van der Waals surface area contributed by atoms with Crippen molar-refractivity contribution in [3.05, 3.63) is 43.0 Å². The van der Waals surface area contributed by atoms with Crippen molar-refractivity contribution in [1.82, 2.24) is 24.5 Å². The molecule has 3 aromatic heterocycles. The van der Waals surface area contributed by atoms with E-state index < -0.39 is 0 Å². The van der Waals surface area contributed by atoms with Gasteiger partial charge in [-0.15, -0.1) is 0 Å². The Morgan fingerprint density at radius 2 is 2.00 bits per heavy atom. The maximum Gasteiger partial charge on any atom is 0.228 e. The molecule has 1 atom stereocenters. The van der Waals surface area contributed by atoms with Crippen LogP contribution in [0, 0.1) is 0 Å². The van der Waals surface area contributed by atoms with Gasteiger partial charge in [-0.3, -0.25) is 0 Å². The molecule has 0 aliphatic carbocycles. The summed E-state index contributed by atoms with van der Waals surface area (Å²) in [5, 5.41) is 4.21. The van der Waals surface area contributed by atoms with E-state index in [0.29, 0.717) is 17.8 Å². The molecular weight excluding hydrogens is 364 g/mol. The largest absolute Gasteiger partial charge is 0.369 e. The van der Waals surface area contributed by atoms with Crippen molar-refractivity contribution in [2.45, 2.75) is 32.4 Å². The number of benzene rings is 1. The topological polar surface area (TPSA) is 97.8 Å². The van der Waals surface area contributed by atoms with E-state index in [2.05, 4.69) is 49.6 Å². The summed E-state index contributed by atoms with van der Waals surface area (Å²) in [6, 6.07) is 8.57. The first-order valence-corrected chi connectivity index (χ1v) is 9.94. The van der Waals surface area contributed by atoms with Gasteiger partial charge in [-0.1, -0.05) is 0 Å². The number of aromatic nitrogens is 5. The summed E-state index contributed by atoms with van der Waals surface area (Å²) in [6.07, 6.45) is 6.59. The normalized spacial score (nSPS) is 17.0. The Labute approximate surface area is 168 Å². The Morgan fingerprint density at radius 3 is 2.72 bits per heavy atom. The van der Waals surface area contributed by atoms with Crippen molar-refractivity contribution in [3.63, 3.8) is 0 Å². The lowest BCUT2D eigenvalue weighted by molar-refractivity contribution is 0.618. The highest BCUT2D eigenvalue weighted by Crippen LogP contribution is 2.27. The number of imidazole rings is 1. The van der Waals surface area contributed by atoms with Crippen LogP contribution in [0.3, 0.4) is 0 Å². The van der Waals surface area contributed by atoms with Gasteiger partial charge in [-0.2, -0.15) is 0 Å². The molecule has 4 aromatic rings. The van der Waals surface area contributed by atoms with E-state index in [9.17, 15) is 0 Å². The van der Waals surface area contributed by atoms with Gasteiger partial charge < -0.3 is 20.5 Å². The van der Waals surface area contributed by atoms with Crippen LogP contribution >= 0.6 is 0 Å². The molecule has 8 heteroatoms. The second-order valence-corrected chi connectivity index (χ2v) is 7.83. The number of fused-ring (bicyclic) bond motifs is 3. The van der Waals surface area contributed by atoms with E-state index in [0.717, 1.165) is 47.1 Å². The molecule has 29 heavy (non-hydrogen) atoms. The lowest BCUT2D eigenvalue weighted by Crippen LogP contribution is -2.26. The van der Waals surface area contributed by atoms with Crippen LogP contribution in [0.2, 0.25) is 0 Å². The lowest BCUT2D eigenvalue weighted by atomic mass is 10.2. The van der Waals surface area contributed by atoms with Gasteiger partial charge in [0.15, 0.2) is 0 Å². The molecule has 1 saturated heterocycles. The number of hydrogen-bond donors (Lipinski definition) is 2. The zero-order chi connectivity index (χ0) is 20.0. The molecule has 148 valence electrons. The van der Waals surface area contributed by atoms with Crippen LogP contribution in [-0.4, -0.2) is 43.6 Å². The molecular formula is C21H24N8. The van der Waals surface area contributed by atoms with Crippen LogP contribution in [0.15, 0.2) is 43.0 Å². The Bertz CT molecular complexity index is 1160. The molecule has 1 aromatic carbocycles. The van der Waals surface area contributed by atoms with Crippen LogP contribution in [0.4, 0.5) is 17.5 Å². The third-order valence-corrected chi connectivity index (χ3v) is 5.42. The summed E-state index contributed by atoms with van der Waals surface area (Å²) in [5.74, 6) is 1.23. The second-order valence-electron chi connectivity index (χ2n) is 7.83. The highest BCUT2D eigenvalue weighted by atomic mass is 15.2. The smallest absolute Gasteiger partial charge is 0.228 e. The minimum Gasteiger partial charge on any atom is -0.369 e. The number of anilines is 3. The Kier molecular flexibility index (Phi) is 4.28. The Morgan fingerprint density at radius 1 is 1.10 bits per heavy atom. The van der Waals surface area contributed by atoms with Gasteiger partial charge in [-0.25, -0.2) is 19.9 Å². The SMILES string of the molecule is CC(C)n1cnc2ccc3cnc(Nc4ccc(N5CCC(N)C5)cn4)nc3c21. The Hall–Kier alpha value is -3.26. The molecule has 0 amide bonds. The molecule has 0 bridgehead atoms. The summed E-state index contributed by atoms with van der Waals surface area (Å²) >= 11 is 0. The summed E-state index contributed by atoms with van der Waals surface area (Å²) < 4.78 is 2.14. The maximum absolute atomic E-state index is 6.00. The number of pyridine rings is 1. The molecule has 4 heterocycles. The van der Waals surface area contributed by atoms with Gasteiger partial charge in [0, 0.05) is 36.8 Å². The van der Waals surface area contributed by atoms with Crippen LogP contribution in [-0.2, 0) is 0 Å². The number of nitrogens with two attached hydrogens (primary N) is 1. The molecule has 5 rings (SSSR count). The van der Waals surface area contributed by atoms with Crippen LogP contribution in [0.25, 0.3) is 21.9 Å². The van der Waals surface area contributed by atoms with Gasteiger partial charge in [0.2, 0.25) is 5.95 Å². The fourth-order valence-electron chi connectivity index (χ4n) is 3.85.